The highest BCUT2D eigenvalue weighted by atomic mass is 35.7. The second-order valence-corrected chi connectivity index (χ2v) is 9.41. The highest BCUT2D eigenvalue weighted by Crippen LogP contribution is 2.37. The Morgan fingerprint density at radius 1 is 0.541 bits per heavy atom. The molecule has 5 rings (SSSR count). The van der Waals surface area contributed by atoms with E-state index in [4.69, 9.17) is 18.6 Å². The van der Waals surface area contributed by atoms with Crippen molar-refractivity contribution in [1.82, 2.24) is 0 Å². The number of halogens is 1. The normalized spacial score (nSPS) is 11.2. The van der Waals surface area contributed by atoms with Gasteiger partial charge < -0.3 is 0 Å². The molecule has 188 valence electrons. The molecule has 1 aromatic heterocycles. The highest BCUT2D eigenvalue weighted by molar-refractivity contribution is 5.88. The van der Waals surface area contributed by atoms with Crippen LogP contribution in [0.3, 0.4) is 0 Å². The molecule has 0 spiro atoms. The van der Waals surface area contributed by atoms with Crippen molar-refractivity contribution >= 4 is 0 Å². The fraction of sp³-hybridized carbons (Fsp3) is 0.129. The van der Waals surface area contributed by atoms with E-state index in [2.05, 4.69) is 127 Å². The molecule has 2 aromatic carbocycles. The van der Waals surface area contributed by atoms with Gasteiger partial charge in [0.25, 0.3) is 0 Å². The van der Waals surface area contributed by atoms with E-state index in [0.717, 1.165) is 13.0 Å². The molecule has 2 aliphatic carbocycles. The lowest BCUT2D eigenvalue weighted by Gasteiger charge is -2.17. The second-order valence-electron chi connectivity index (χ2n) is 8.66. The van der Waals surface area contributed by atoms with E-state index >= 15 is 0 Å². The minimum Gasteiger partial charge on any atom is -0.222 e. The molecule has 5 nitrogen and oxygen atoms in total. The molecule has 0 N–H and O–H groups in total. The van der Waals surface area contributed by atoms with Crippen LogP contribution in [0.15, 0.2) is 115 Å². The number of benzene rings is 2. The van der Waals surface area contributed by atoms with Gasteiger partial charge in [0.15, 0.2) is 0 Å². The van der Waals surface area contributed by atoms with Gasteiger partial charge in [0.1, 0.15) is 6.54 Å². The quantitative estimate of drug-likeness (QED) is 0.326. The molecule has 37 heavy (non-hydrogen) atoms. The molecule has 0 saturated heterocycles. The van der Waals surface area contributed by atoms with Crippen molar-refractivity contribution in [3.05, 3.63) is 115 Å². The van der Waals surface area contributed by atoms with Crippen molar-refractivity contribution in [1.29, 1.82) is 0 Å². The van der Waals surface area contributed by atoms with Gasteiger partial charge >= 0.3 is 0 Å². The molecule has 0 atom stereocenters. The van der Waals surface area contributed by atoms with E-state index in [-0.39, 0.29) is 0 Å². The number of rotatable bonds is 6. The van der Waals surface area contributed by atoms with Gasteiger partial charge in [-0.2, -0.15) is 4.57 Å². The second kappa shape index (κ2) is 12.1. The smallest absolute Gasteiger partial charge is 0.213 e. The van der Waals surface area contributed by atoms with Crippen molar-refractivity contribution in [3.63, 3.8) is 0 Å². The lowest BCUT2D eigenvalue weighted by molar-refractivity contribution is -2.00. The van der Waals surface area contributed by atoms with Gasteiger partial charge in [0.05, 0.1) is 0 Å². The molecule has 0 aliphatic heterocycles. The molecule has 2 aliphatic rings. The topological polar surface area (TPSA) is 96.1 Å². The van der Waals surface area contributed by atoms with E-state index in [9.17, 15) is 0 Å². The first kappa shape index (κ1) is 26.5. The maximum Gasteiger partial charge on any atom is 0.213 e. The molecule has 6 heteroatoms. The summed E-state index contributed by atoms with van der Waals surface area (Å²) >= 11 is 0. The van der Waals surface area contributed by atoms with Crippen LogP contribution in [0.1, 0.15) is 19.8 Å². The van der Waals surface area contributed by atoms with Gasteiger partial charge in [-0.1, -0.05) is 92.2 Å². The van der Waals surface area contributed by atoms with Gasteiger partial charge in [0, 0.05) is 29.7 Å². The van der Waals surface area contributed by atoms with E-state index in [0.29, 0.717) is 0 Å². The predicted octanol–water partition coefficient (Wildman–Crippen LogP) is 3.12. The summed E-state index contributed by atoms with van der Waals surface area (Å²) in [4.78, 5) is 0. The number of pyridine rings is 1. The van der Waals surface area contributed by atoms with Crippen LogP contribution in [-0.4, -0.2) is 0 Å². The Labute approximate surface area is 219 Å². The maximum absolute atomic E-state index is 8.49. The van der Waals surface area contributed by atoms with E-state index in [1.165, 1.54) is 51.2 Å². The molecule has 0 amide bonds. The average Bonchev–Trinajstić information content (AvgIpc) is 3.15. The summed E-state index contributed by atoms with van der Waals surface area (Å²) < 4.78 is 36.5. The number of fused-ring (bicyclic) bond motifs is 1. The molecule has 0 radical (unpaired) electrons. The number of aromatic nitrogens is 1. The SMILES string of the molecule is CCCC[n+]1c(-c2ccccc2)cc(-c2ccc3cccccc2-3)cc1-c1ccccc1.[O-][Cl+3]([O-])([O-])[O-]. The lowest BCUT2D eigenvalue weighted by atomic mass is 9.97. The summed E-state index contributed by atoms with van der Waals surface area (Å²) in [6.07, 6.45) is 2.32. The summed E-state index contributed by atoms with van der Waals surface area (Å²) in [7, 11) is -4.94. The van der Waals surface area contributed by atoms with Crippen molar-refractivity contribution in [2.24, 2.45) is 0 Å². The molecule has 0 bridgehead atoms. The molecule has 1 heterocycles. The van der Waals surface area contributed by atoms with Crippen LogP contribution in [-0.2, 0) is 6.54 Å². The largest absolute Gasteiger partial charge is 0.222 e. The minimum absolute atomic E-state index is 1.00. The average molecular weight is 514 g/mol. The summed E-state index contributed by atoms with van der Waals surface area (Å²) in [6, 6.07) is 41.6. The first-order valence-electron chi connectivity index (χ1n) is 12.1. The predicted molar refractivity (Wildman–Crippen MR) is 134 cm³/mol. The van der Waals surface area contributed by atoms with Crippen molar-refractivity contribution in [2.75, 3.05) is 0 Å². The Balaban J connectivity index is 0.000000586. The van der Waals surface area contributed by atoms with Crippen LogP contribution < -0.4 is 23.2 Å². The number of hydrogen-bond donors (Lipinski definition) is 0. The summed E-state index contributed by atoms with van der Waals surface area (Å²) in [5.74, 6) is 0. The Morgan fingerprint density at radius 3 is 1.46 bits per heavy atom. The molecular weight excluding hydrogens is 486 g/mol. The fourth-order valence-corrected chi connectivity index (χ4v) is 4.50. The monoisotopic (exact) mass is 513 g/mol. The van der Waals surface area contributed by atoms with E-state index in [1.54, 1.807) is 0 Å². The van der Waals surface area contributed by atoms with Crippen LogP contribution in [0.5, 0.6) is 0 Å². The zero-order valence-electron chi connectivity index (χ0n) is 20.5. The zero-order chi connectivity index (χ0) is 26.3. The fourth-order valence-electron chi connectivity index (χ4n) is 4.50. The van der Waals surface area contributed by atoms with Crippen LogP contribution in [0.2, 0.25) is 0 Å². The van der Waals surface area contributed by atoms with E-state index < -0.39 is 10.2 Å². The number of nitrogens with zero attached hydrogens (tertiary/aromatic N) is 1. The standard InChI is InChI=1S/C31H28N.ClHO4/c1-2-3-21-32-30(25-14-8-4-9-15-25)22-27(23-31(32)26-16-10-5-11-17-26)29-20-19-24-13-7-6-12-18-28(24)29;2-1(3,4)5/h4-20,22-23H,2-3,21H2,1H3;(H,2,3,4,5)/q+1;/p-1. The molecule has 0 saturated carbocycles. The van der Waals surface area contributed by atoms with Crippen LogP contribution in [0, 0.1) is 10.2 Å². The van der Waals surface area contributed by atoms with Gasteiger partial charge in [-0.3, -0.25) is 0 Å². The van der Waals surface area contributed by atoms with Crippen molar-refractivity contribution in [3.8, 4) is 44.8 Å². The number of hydrogen-bond acceptors (Lipinski definition) is 4. The van der Waals surface area contributed by atoms with Gasteiger partial charge in [-0.15, -0.1) is 10.2 Å². The van der Waals surface area contributed by atoms with Crippen molar-refractivity contribution < 1.29 is 33.4 Å². The van der Waals surface area contributed by atoms with Crippen molar-refractivity contribution in [2.45, 2.75) is 26.3 Å². The van der Waals surface area contributed by atoms with Crippen LogP contribution >= 0.6 is 0 Å². The summed E-state index contributed by atoms with van der Waals surface area (Å²) in [6.45, 7) is 3.26. The highest BCUT2D eigenvalue weighted by Gasteiger charge is 2.23. The Hall–Kier alpha value is -3.58. The Kier molecular flexibility index (Phi) is 8.66. The summed E-state index contributed by atoms with van der Waals surface area (Å²) in [5.41, 5.74) is 10.2. The minimum atomic E-state index is -4.94. The third-order valence-corrected chi connectivity index (χ3v) is 6.14. The first-order chi connectivity index (χ1) is 17.8. The van der Waals surface area contributed by atoms with Gasteiger partial charge in [-0.05, 0) is 46.5 Å². The maximum atomic E-state index is 8.49. The van der Waals surface area contributed by atoms with Crippen LogP contribution in [0.4, 0.5) is 0 Å². The first-order valence-corrected chi connectivity index (χ1v) is 13.4. The molecule has 0 unspecified atom stereocenters. The molecule has 0 fully saturated rings. The van der Waals surface area contributed by atoms with E-state index in [1.807, 2.05) is 0 Å². The van der Waals surface area contributed by atoms with Gasteiger partial charge in [0.2, 0.25) is 11.4 Å². The molecule has 3 aromatic rings. The third kappa shape index (κ3) is 7.01. The third-order valence-electron chi connectivity index (χ3n) is 6.14. The Morgan fingerprint density at radius 2 is 0.973 bits per heavy atom. The van der Waals surface area contributed by atoms with Crippen LogP contribution in [0.25, 0.3) is 44.8 Å². The molecular formula is C31H28ClNO4. The summed E-state index contributed by atoms with van der Waals surface area (Å²) in [5, 5.41) is 0. The van der Waals surface area contributed by atoms with Gasteiger partial charge in [-0.25, -0.2) is 18.6 Å². The number of unbranched alkanes of at least 4 members (excludes halogenated alkanes) is 1. The Bertz CT molecular complexity index is 1340. The zero-order valence-corrected chi connectivity index (χ0v) is 21.3. The lowest BCUT2D eigenvalue weighted by Crippen LogP contribution is -2.68.